The van der Waals surface area contributed by atoms with Gasteiger partial charge in [0.15, 0.2) is 0 Å². The van der Waals surface area contributed by atoms with Crippen molar-refractivity contribution in [3.63, 3.8) is 0 Å². The average Bonchev–Trinajstić information content (AvgIpc) is 2.57. The van der Waals surface area contributed by atoms with Crippen molar-refractivity contribution in [2.45, 2.75) is 26.7 Å². The first kappa shape index (κ1) is 9.04. The second-order valence-corrected chi connectivity index (χ2v) is 3.43. The van der Waals surface area contributed by atoms with Crippen molar-refractivity contribution in [3.8, 4) is 0 Å². The molecule has 1 unspecified atom stereocenters. The maximum Gasteiger partial charge on any atom is 0.126 e. The van der Waals surface area contributed by atoms with Crippen LogP contribution in [-0.2, 0) is 11.2 Å². The molecule has 1 rings (SSSR count). The molecule has 0 radical (unpaired) electrons. The van der Waals surface area contributed by atoms with E-state index in [2.05, 4.69) is 0 Å². The summed E-state index contributed by atoms with van der Waals surface area (Å²) in [5.41, 5.74) is 0.857. The Bertz CT molecular complexity index is 238. The Morgan fingerprint density at radius 3 is 2.83 bits per heavy atom. The molecule has 0 aliphatic heterocycles. The minimum atomic E-state index is -0.232. The van der Waals surface area contributed by atoms with Crippen LogP contribution >= 0.6 is 0 Å². The van der Waals surface area contributed by atoms with Crippen LogP contribution in [0.3, 0.4) is 0 Å². The molecule has 0 N–H and O–H groups in total. The molecule has 0 aliphatic rings. The van der Waals surface area contributed by atoms with Gasteiger partial charge in [0, 0.05) is 5.41 Å². The van der Waals surface area contributed by atoms with Crippen LogP contribution in [0.5, 0.6) is 0 Å². The molecule has 2 heteroatoms. The maximum atomic E-state index is 10.8. The van der Waals surface area contributed by atoms with Crippen molar-refractivity contribution >= 4 is 6.29 Å². The average molecular weight is 166 g/mol. The predicted molar refractivity (Wildman–Crippen MR) is 46.9 cm³/mol. The van der Waals surface area contributed by atoms with Gasteiger partial charge in [0.1, 0.15) is 6.29 Å². The Morgan fingerprint density at radius 1 is 1.67 bits per heavy atom. The lowest BCUT2D eigenvalue weighted by Crippen LogP contribution is -2.19. The molecule has 0 aliphatic carbocycles. The summed E-state index contributed by atoms with van der Waals surface area (Å²) in [7, 11) is 0. The van der Waals surface area contributed by atoms with Gasteiger partial charge in [0.2, 0.25) is 0 Å². The zero-order chi connectivity index (χ0) is 9.03. The highest BCUT2D eigenvalue weighted by molar-refractivity contribution is 5.59. The lowest BCUT2D eigenvalue weighted by atomic mass is 9.83. The number of aldehydes is 1. The van der Waals surface area contributed by atoms with E-state index in [4.69, 9.17) is 4.42 Å². The molecular weight excluding hydrogens is 152 g/mol. The summed E-state index contributed by atoms with van der Waals surface area (Å²) in [6, 6.07) is 1.90. The SMILES string of the molecule is CCC(C)(C=O)Cc1ccoc1. The monoisotopic (exact) mass is 166 g/mol. The van der Waals surface area contributed by atoms with Gasteiger partial charge in [-0.2, -0.15) is 0 Å². The molecule has 0 fully saturated rings. The molecule has 12 heavy (non-hydrogen) atoms. The highest BCUT2D eigenvalue weighted by Gasteiger charge is 2.21. The molecule has 1 heterocycles. The minimum Gasteiger partial charge on any atom is -0.472 e. The number of carbonyl (C=O) groups excluding carboxylic acids is 1. The van der Waals surface area contributed by atoms with Crippen LogP contribution in [-0.4, -0.2) is 6.29 Å². The third-order valence-electron chi connectivity index (χ3n) is 2.28. The number of hydrogen-bond donors (Lipinski definition) is 0. The van der Waals surface area contributed by atoms with E-state index >= 15 is 0 Å². The number of furan rings is 1. The predicted octanol–water partition coefficient (Wildman–Crippen LogP) is 2.44. The van der Waals surface area contributed by atoms with E-state index < -0.39 is 0 Å². The molecular formula is C10H14O2. The Kier molecular flexibility index (Phi) is 2.69. The van der Waals surface area contributed by atoms with Crippen molar-refractivity contribution in [1.82, 2.24) is 0 Å². The topological polar surface area (TPSA) is 30.2 Å². The smallest absolute Gasteiger partial charge is 0.126 e. The first-order valence-corrected chi connectivity index (χ1v) is 4.17. The van der Waals surface area contributed by atoms with Gasteiger partial charge in [0.05, 0.1) is 12.5 Å². The minimum absolute atomic E-state index is 0.232. The van der Waals surface area contributed by atoms with E-state index in [0.717, 1.165) is 24.7 Å². The molecule has 1 atom stereocenters. The Labute approximate surface area is 72.6 Å². The Balaban J connectivity index is 2.66. The van der Waals surface area contributed by atoms with Gasteiger partial charge in [-0.1, -0.05) is 13.8 Å². The lowest BCUT2D eigenvalue weighted by Gasteiger charge is -2.19. The summed E-state index contributed by atoms with van der Waals surface area (Å²) >= 11 is 0. The Morgan fingerprint density at radius 2 is 2.42 bits per heavy atom. The van der Waals surface area contributed by atoms with Crippen molar-refractivity contribution in [2.24, 2.45) is 5.41 Å². The molecule has 2 nitrogen and oxygen atoms in total. The zero-order valence-electron chi connectivity index (χ0n) is 7.54. The van der Waals surface area contributed by atoms with Crippen molar-refractivity contribution in [2.75, 3.05) is 0 Å². The molecule has 0 amide bonds. The molecule has 0 bridgehead atoms. The van der Waals surface area contributed by atoms with Crippen molar-refractivity contribution < 1.29 is 9.21 Å². The van der Waals surface area contributed by atoms with Gasteiger partial charge in [0.25, 0.3) is 0 Å². The number of carbonyl (C=O) groups is 1. The standard InChI is InChI=1S/C10H14O2/c1-3-10(2,8-11)6-9-4-5-12-7-9/h4-5,7-8H,3,6H2,1-2H3. The summed E-state index contributed by atoms with van der Waals surface area (Å²) in [6.07, 6.45) is 5.98. The second kappa shape index (κ2) is 3.57. The molecule has 1 aromatic rings. The van der Waals surface area contributed by atoms with Gasteiger partial charge < -0.3 is 9.21 Å². The van der Waals surface area contributed by atoms with Gasteiger partial charge >= 0.3 is 0 Å². The van der Waals surface area contributed by atoms with E-state index in [1.807, 2.05) is 19.9 Å². The third-order valence-corrected chi connectivity index (χ3v) is 2.28. The fraction of sp³-hybridized carbons (Fsp3) is 0.500. The van der Waals surface area contributed by atoms with E-state index in [1.54, 1.807) is 12.5 Å². The highest BCUT2D eigenvalue weighted by Crippen LogP contribution is 2.23. The Hall–Kier alpha value is -1.05. The van der Waals surface area contributed by atoms with Crippen molar-refractivity contribution in [1.29, 1.82) is 0 Å². The summed E-state index contributed by atoms with van der Waals surface area (Å²) in [6.45, 7) is 3.99. The van der Waals surface area contributed by atoms with Gasteiger partial charge in [-0.05, 0) is 24.5 Å². The van der Waals surface area contributed by atoms with Crippen LogP contribution in [0.25, 0.3) is 0 Å². The van der Waals surface area contributed by atoms with Crippen molar-refractivity contribution in [3.05, 3.63) is 24.2 Å². The van der Waals surface area contributed by atoms with Gasteiger partial charge in [-0.15, -0.1) is 0 Å². The van der Waals surface area contributed by atoms with E-state index in [-0.39, 0.29) is 5.41 Å². The van der Waals surface area contributed by atoms with Gasteiger partial charge in [-0.3, -0.25) is 0 Å². The van der Waals surface area contributed by atoms with E-state index in [9.17, 15) is 4.79 Å². The van der Waals surface area contributed by atoms with Crippen LogP contribution in [0.1, 0.15) is 25.8 Å². The summed E-state index contributed by atoms with van der Waals surface area (Å²) in [5.74, 6) is 0. The summed E-state index contributed by atoms with van der Waals surface area (Å²) < 4.78 is 4.93. The maximum absolute atomic E-state index is 10.8. The lowest BCUT2D eigenvalue weighted by molar-refractivity contribution is -0.115. The fourth-order valence-electron chi connectivity index (χ4n) is 1.11. The van der Waals surface area contributed by atoms with Crippen LogP contribution in [0, 0.1) is 5.41 Å². The fourth-order valence-corrected chi connectivity index (χ4v) is 1.11. The first-order chi connectivity index (χ1) is 5.70. The molecule has 66 valence electrons. The summed E-state index contributed by atoms with van der Waals surface area (Å²) in [5, 5.41) is 0. The van der Waals surface area contributed by atoms with Crippen LogP contribution in [0.2, 0.25) is 0 Å². The largest absolute Gasteiger partial charge is 0.472 e. The third kappa shape index (κ3) is 1.97. The number of rotatable bonds is 4. The molecule has 0 spiro atoms. The highest BCUT2D eigenvalue weighted by atomic mass is 16.3. The van der Waals surface area contributed by atoms with Gasteiger partial charge in [-0.25, -0.2) is 0 Å². The molecule has 0 saturated carbocycles. The zero-order valence-corrected chi connectivity index (χ0v) is 7.54. The van der Waals surface area contributed by atoms with E-state index in [0.29, 0.717) is 0 Å². The quantitative estimate of drug-likeness (QED) is 0.643. The molecule has 0 aromatic carbocycles. The summed E-state index contributed by atoms with van der Waals surface area (Å²) in [4.78, 5) is 10.8. The van der Waals surface area contributed by atoms with Crippen LogP contribution in [0.4, 0.5) is 0 Å². The number of hydrogen-bond acceptors (Lipinski definition) is 2. The van der Waals surface area contributed by atoms with E-state index in [1.165, 1.54) is 0 Å². The first-order valence-electron chi connectivity index (χ1n) is 4.17. The van der Waals surface area contributed by atoms with Crippen LogP contribution < -0.4 is 0 Å². The second-order valence-electron chi connectivity index (χ2n) is 3.43. The molecule has 1 aromatic heterocycles. The van der Waals surface area contributed by atoms with Crippen LogP contribution in [0.15, 0.2) is 23.0 Å². The normalized spacial score (nSPS) is 15.5. The molecule has 0 saturated heterocycles.